The number of pyridine rings is 1. The molecule has 1 fully saturated rings. The van der Waals surface area contributed by atoms with Crippen LogP contribution in [0.25, 0.3) is 0 Å². The number of anilines is 1. The van der Waals surface area contributed by atoms with Crippen molar-refractivity contribution in [1.29, 1.82) is 5.26 Å². The molecule has 1 aliphatic rings. The molecular formula is C12H14N6O3. The van der Waals surface area contributed by atoms with Crippen LogP contribution in [0.4, 0.5) is 11.5 Å². The predicted octanol–water partition coefficient (Wildman–Crippen LogP) is -0.295. The Morgan fingerprint density at radius 2 is 2.24 bits per heavy atom. The van der Waals surface area contributed by atoms with Crippen LogP contribution in [-0.2, 0) is 4.79 Å². The molecule has 1 amide bonds. The number of piperazine rings is 1. The lowest BCUT2D eigenvalue weighted by Gasteiger charge is -2.27. The van der Waals surface area contributed by atoms with Crippen molar-refractivity contribution in [3.8, 4) is 6.07 Å². The molecule has 0 saturated carbocycles. The Bertz CT molecular complexity index is 591. The van der Waals surface area contributed by atoms with Crippen molar-refractivity contribution in [2.45, 2.75) is 0 Å². The minimum absolute atomic E-state index is 0.0374. The largest absolute Gasteiger partial charge is 0.361 e. The van der Waals surface area contributed by atoms with Gasteiger partial charge in [0.25, 0.3) is 0 Å². The zero-order valence-corrected chi connectivity index (χ0v) is 11.2. The summed E-state index contributed by atoms with van der Waals surface area (Å²) >= 11 is 0. The number of nitro groups is 1. The highest BCUT2D eigenvalue weighted by atomic mass is 16.6. The van der Waals surface area contributed by atoms with E-state index in [9.17, 15) is 14.9 Å². The van der Waals surface area contributed by atoms with Crippen LogP contribution in [0.5, 0.6) is 0 Å². The van der Waals surface area contributed by atoms with Gasteiger partial charge in [0.15, 0.2) is 0 Å². The lowest BCUT2D eigenvalue weighted by molar-refractivity contribution is -0.385. The maximum Gasteiger partial charge on any atom is 0.305 e. The molecule has 0 aliphatic carbocycles. The van der Waals surface area contributed by atoms with Crippen LogP contribution < -0.4 is 10.6 Å². The summed E-state index contributed by atoms with van der Waals surface area (Å²) in [6.07, 6.45) is 0. The van der Waals surface area contributed by atoms with Crippen molar-refractivity contribution in [2.75, 3.05) is 38.0 Å². The number of hydrogen-bond acceptors (Lipinski definition) is 7. The molecule has 0 radical (unpaired) electrons. The van der Waals surface area contributed by atoms with E-state index in [2.05, 4.69) is 15.6 Å². The second kappa shape index (κ2) is 6.62. The van der Waals surface area contributed by atoms with E-state index in [1.54, 1.807) is 11.0 Å². The Morgan fingerprint density at radius 1 is 1.52 bits per heavy atom. The summed E-state index contributed by atoms with van der Waals surface area (Å²) < 4.78 is 0. The third-order valence-corrected chi connectivity index (χ3v) is 3.07. The third kappa shape index (κ3) is 3.64. The van der Waals surface area contributed by atoms with Gasteiger partial charge in [-0.1, -0.05) is 0 Å². The monoisotopic (exact) mass is 290 g/mol. The number of hydrogen-bond donors (Lipinski definition) is 2. The SMILES string of the molecule is N#Cc1nc(NCC(=O)N2CCNCC2)ccc1[N+](=O)[O-]. The van der Waals surface area contributed by atoms with E-state index >= 15 is 0 Å². The van der Waals surface area contributed by atoms with Crippen LogP contribution in [0.15, 0.2) is 12.1 Å². The van der Waals surface area contributed by atoms with E-state index in [-0.39, 0.29) is 29.7 Å². The normalized spacial score (nSPS) is 14.3. The van der Waals surface area contributed by atoms with Gasteiger partial charge in [0.05, 0.1) is 11.5 Å². The molecule has 0 unspecified atom stereocenters. The molecule has 0 aromatic carbocycles. The molecule has 1 aromatic rings. The minimum Gasteiger partial charge on any atom is -0.361 e. The van der Waals surface area contributed by atoms with E-state index < -0.39 is 4.92 Å². The second-order valence-electron chi connectivity index (χ2n) is 4.42. The second-order valence-corrected chi connectivity index (χ2v) is 4.42. The van der Waals surface area contributed by atoms with Crippen LogP contribution in [0, 0.1) is 21.4 Å². The van der Waals surface area contributed by atoms with Gasteiger partial charge in [0, 0.05) is 32.2 Å². The smallest absolute Gasteiger partial charge is 0.305 e. The quantitative estimate of drug-likeness (QED) is 0.576. The van der Waals surface area contributed by atoms with Crippen LogP contribution in [-0.4, -0.2) is 53.4 Å². The van der Waals surface area contributed by atoms with Crippen LogP contribution in [0.1, 0.15) is 5.69 Å². The molecule has 0 bridgehead atoms. The van der Waals surface area contributed by atoms with Gasteiger partial charge in [-0.2, -0.15) is 5.26 Å². The molecule has 1 aromatic heterocycles. The van der Waals surface area contributed by atoms with Gasteiger partial charge in [0.1, 0.15) is 11.9 Å². The third-order valence-electron chi connectivity index (χ3n) is 3.07. The standard InChI is InChI=1S/C12H14N6O3/c13-7-9-10(18(20)21)1-2-11(16-9)15-8-12(19)17-5-3-14-4-6-17/h1-2,14H,3-6,8H2,(H,15,16). The number of nitrogens with one attached hydrogen (secondary N) is 2. The van der Waals surface area contributed by atoms with E-state index in [0.29, 0.717) is 13.1 Å². The summed E-state index contributed by atoms with van der Waals surface area (Å²) in [6.45, 7) is 2.87. The Labute approximate surface area is 120 Å². The van der Waals surface area contributed by atoms with Gasteiger partial charge in [-0.15, -0.1) is 0 Å². The van der Waals surface area contributed by atoms with Gasteiger partial charge in [0.2, 0.25) is 11.6 Å². The molecule has 0 atom stereocenters. The highest BCUT2D eigenvalue weighted by Gasteiger charge is 2.18. The summed E-state index contributed by atoms with van der Waals surface area (Å²) in [5.74, 6) is 0.191. The van der Waals surface area contributed by atoms with Gasteiger partial charge >= 0.3 is 5.69 Å². The first kappa shape index (κ1) is 14.7. The number of rotatable bonds is 4. The fraction of sp³-hybridized carbons (Fsp3) is 0.417. The Kier molecular flexibility index (Phi) is 4.63. The highest BCUT2D eigenvalue weighted by molar-refractivity contribution is 5.80. The fourth-order valence-electron chi connectivity index (χ4n) is 1.97. The Morgan fingerprint density at radius 3 is 2.86 bits per heavy atom. The lowest BCUT2D eigenvalue weighted by atomic mass is 10.3. The van der Waals surface area contributed by atoms with Crippen LogP contribution >= 0.6 is 0 Å². The molecule has 9 nitrogen and oxygen atoms in total. The first-order valence-electron chi connectivity index (χ1n) is 6.39. The number of carbonyl (C=O) groups excluding carboxylic acids is 1. The van der Waals surface area contributed by atoms with Gasteiger partial charge in [-0.25, -0.2) is 4.98 Å². The number of amides is 1. The van der Waals surface area contributed by atoms with Gasteiger partial charge < -0.3 is 15.5 Å². The summed E-state index contributed by atoms with van der Waals surface area (Å²) in [5, 5.41) is 25.5. The average Bonchev–Trinajstić information content (AvgIpc) is 2.52. The zero-order chi connectivity index (χ0) is 15.2. The van der Waals surface area contributed by atoms with Crippen molar-refractivity contribution in [3.05, 3.63) is 27.9 Å². The molecular weight excluding hydrogens is 276 g/mol. The Balaban J connectivity index is 1.98. The van der Waals surface area contributed by atoms with Gasteiger partial charge in [-0.3, -0.25) is 14.9 Å². The van der Waals surface area contributed by atoms with E-state index in [1.165, 1.54) is 12.1 Å². The maximum atomic E-state index is 11.9. The van der Waals surface area contributed by atoms with Gasteiger partial charge in [-0.05, 0) is 6.07 Å². The predicted molar refractivity (Wildman–Crippen MR) is 73.5 cm³/mol. The summed E-state index contributed by atoms with van der Waals surface area (Å²) in [4.78, 5) is 27.5. The summed E-state index contributed by atoms with van der Waals surface area (Å²) in [5.41, 5.74) is -0.629. The maximum absolute atomic E-state index is 11.9. The molecule has 1 saturated heterocycles. The molecule has 2 heterocycles. The molecule has 1 aliphatic heterocycles. The number of nitriles is 1. The van der Waals surface area contributed by atoms with E-state index in [4.69, 9.17) is 5.26 Å². The summed E-state index contributed by atoms with van der Waals surface area (Å²) in [7, 11) is 0. The molecule has 21 heavy (non-hydrogen) atoms. The molecule has 9 heteroatoms. The lowest BCUT2D eigenvalue weighted by Crippen LogP contribution is -2.48. The number of carbonyl (C=O) groups is 1. The fourth-order valence-corrected chi connectivity index (χ4v) is 1.97. The first-order valence-corrected chi connectivity index (χ1v) is 6.39. The molecule has 110 valence electrons. The Hall–Kier alpha value is -2.73. The summed E-state index contributed by atoms with van der Waals surface area (Å²) in [6, 6.07) is 4.25. The topological polar surface area (TPSA) is 124 Å². The van der Waals surface area contributed by atoms with E-state index in [0.717, 1.165) is 13.1 Å². The molecule has 2 rings (SSSR count). The van der Waals surface area contributed by atoms with E-state index in [1.807, 2.05) is 0 Å². The van der Waals surface area contributed by atoms with Crippen LogP contribution in [0.3, 0.4) is 0 Å². The van der Waals surface area contributed by atoms with Crippen molar-refractivity contribution in [2.24, 2.45) is 0 Å². The molecule has 2 N–H and O–H groups in total. The number of aromatic nitrogens is 1. The minimum atomic E-state index is -0.665. The van der Waals surface area contributed by atoms with Crippen LogP contribution in [0.2, 0.25) is 0 Å². The highest BCUT2D eigenvalue weighted by Crippen LogP contribution is 2.17. The molecule has 0 spiro atoms. The number of nitrogens with zero attached hydrogens (tertiary/aromatic N) is 4. The van der Waals surface area contributed by atoms with Crippen molar-refractivity contribution in [3.63, 3.8) is 0 Å². The van der Waals surface area contributed by atoms with Crippen molar-refractivity contribution >= 4 is 17.4 Å². The van der Waals surface area contributed by atoms with Crippen molar-refractivity contribution < 1.29 is 9.72 Å². The average molecular weight is 290 g/mol. The zero-order valence-electron chi connectivity index (χ0n) is 11.2. The first-order chi connectivity index (χ1) is 10.1. The van der Waals surface area contributed by atoms with Crippen molar-refractivity contribution in [1.82, 2.24) is 15.2 Å².